The van der Waals surface area contributed by atoms with Gasteiger partial charge in [-0.15, -0.1) is 0 Å². The summed E-state index contributed by atoms with van der Waals surface area (Å²) in [6, 6.07) is 9.32. The number of anilines is 1. The number of rotatable bonds is 6. The SMILES string of the molecule is [B]C([B])(CC(=O)O)c1c(C(C)C)n(-c2ccc(F)cc2)c2cc(C=N)c(N)cc12. The quantitative estimate of drug-likeness (QED) is 0.344. The fourth-order valence-electron chi connectivity index (χ4n) is 3.75. The third-order valence-corrected chi connectivity index (χ3v) is 4.91. The minimum atomic E-state index is -1.66. The maximum absolute atomic E-state index is 13.5. The van der Waals surface area contributed by atoms with Crippen LogP contribution in [0.2, 0.25) is 0 Å². The normalized spacial score (nSPS) is 11.9. The topological polar surface area (TPSA) is 92.1 Å². The number of nitrogens with two attached hydrogens (primary N) is 1. The summed E-state index contributed by atoms with van der Waals surface area (Å²) in [6.45, 7) is 3.88. The second-order valence-corrected chi connectivity index (χ2v) is 7.48. The molecule has 4 N–H and O–H groups in total. The number of aliphatic carboxylic acids is 1. The first-order valence-electron chi connectivity index (χ1n) is 9.11. The highest BCUT2D eigenvalue weighted by Crippen LogP contribution is 2.41. The molecule has 0 spiro atoms. The Morgan fingerprint density at radius 3 is 2.45 bits per heavy atom. The van der Waals surface area contributed by atoms with E-state index in [0.29, 0.717) is 39.1 Å². The van der Waals surface area contributed by atoms with Crippen LogP contribution < -0.4 is 5.73 Å². The molecule has 144 valence electrons. The smallest absolute Gasteiger partial charge is 0.302 e. The van der Waals surface area contributed by atoms with Gasteiger partial charge in [-0.3, -0.25) is 4.79 Å². The Morgan fingerprint density at radius 1 is 1.31 bits per heavy atom. The van der Waals surface area contributed by atoms with Crippen molar-refractivity contribution < 1.29 is 14.3 Å². The maximum Gasteiger partial charge on any atom is 0.302 e. The molecule has 8 heteroatoms. The van der Waals surface area contributed by atoms with E-state index in [1.165, 1.54) is 12.1 Å². The summed E-state index contributed by atoms with van der Waals surface area (Å²) in [5.74, 6) is -1.59. The van der Waals surface area contributed by atoms with Crippen LogP contribution >= 0.6 is 0 Å². The minimum Gasteiger partial charge on any atom is -0.481 e. The first-order chi connectivity index (χ1) is 13.6. The molecular weight excluding hydrogens is 367 g/mol. The number of carbonyl (C=O) groups is 1. The number of hydrogen-bond acceptors (Lipinski definition) is 3. The van der Waals surface area contributed by atoms with E-state index in [-0.39, 0.29) is 11.7 Å². The van der Waals surface area contributed by atoms with Gasteiger partial charge in [-0.05, 0) is 47.9 Å². The Labute approximate surface area is 171 Å². The molecule has 0 aliphatic rings. The molecule has 0 bridgehead atoms. The Kier molecular flexibility index (Phi) is 5.30. The average molecular weight is 387 g/mol. The first-order valence-corrected chi connectivity index (χ1v) is 9.11. The maximum atomic E-state index is 13.5. The van der Waals surface area contributed by atoms with Crippen molar-refractivity contribution in [2.24, 2.45) is 0 Å². The molecule has 1 aromatic heterocycles. The van der Waals surface area contributed by atoms with Crippen LogP contribution in [0.15, 0.2) is 36.4 Å². The monoisotopic (exact) mass is 387 g/mol. The van der Waals surface area contributed by atoms with Crippen LogP contribution in [0.1, 0.15) is 43.0 Å². The number of hydrogen-bond donors (Lipinski definition) is 3. The van der Waals surface area contributed by atoms with E-state index in [1.54, 1.807) is 24.3 Å². The van der Waals surface area contributed by atoms with E-state index in [1.807, 2.05) is 18.4 Å². The lowest BCUT2D eigenvalue weighted by atomic mass is 9.48. The van der Waals surface area contributed by atoms with E-state index < -0.39 is 17.6 Å². The van der Waals surface area contributed by atoms with Gasteiger partial charge in [0.15, 0.2) is 0 Å². The molecule has 3 rings (SSSR count). The van der Waals surface area contributed by atoms with Crippen LogP contribution in [0.25, 0.3) is 16.6 Å². The van der Waals surface area contributed by atoms with Gasteiger partial charge in [0.1, 0.15) is 5.82 Å². The summed E-state index contributed by atoms with van der Waals surface area (Å²) in [4.78, 5) is 11.4. The summed E-state index contributed by atoms with van der Waals surface area (Å²) in [5, 5.41) is 15.9. The third-order valence-electron chi connectivity index (χ3n) is 4.91. The molecule has 29 heavy (non-hydrogen) atoms. The summed E-state index contributed by atoms with van der Waals surface area (Å²) in [6.07, 6.45) is 0.655. The molecule has 0 saturated heterocycles. The molecule has 4 radical (unpaired) electrons. The Balaban J connectivity index is 2.51. The van der Waals surface area contributed by atoms with Gasteiger partial charge in [-0.2, -0.15) is 0 Å². The van der Waals surface area contributed by atoms with Crippen molar-refractivity contribution in [3.8, 4) is 5.69 Å². The van der Waals surface area contributed by atoms with Crippen molar-refractivity contribution in [3.63, 3.8) is 0 Å². The van der Waals surface area contributed by atoms with Crippen molar-refractivity contribution in [2.75, 3.05) is 5.73 Å². The molecule has 0 atom stereocenters. The minimum absolute atomic E-state index is 0.0904. The molecule has 0 unspecified atom stereocenters. The standard InChI is InChI=1S/C21H20B2FN3O2/c1-11(2)20-19(21(22,23)9-18(28)29)15-8-16(26)12(10-25)7-17(15)27(20)14-5-3-13(24)4-6-14/h3-8,10-11,25H,9,26H2,1-2H3,(H,28,29). The van der Waals surface area contributed by atoms with Gasteiger partial charge in [0, 0.05) is 40.7 Å². The molecule has 0 amide bonds. The van der Waals surface area contributed by atoms with Crippen molar-refractivity contribution in [2.45, 2.75) is 31.4 Å². The van der Waals surface area contributed by atoms with Crippen molar-refractivity contribution in [1.82, 2.24) is 4.57 Å². The molecule has 3 aromatic rings. The number of nitrogens with zero attached hydrogens (tertiary/aromatic N) is 1. The fraction of sp³-hybridized carbons (Fsp3) is 0.238. The van der Waals surface area contributed by atoms with Crippen LogP contribution in [0, 0.1) is 11.2 Å². The number of carboxylic acid groups (broad SMARTS) is 1. The van der Waals surface area contributed by atoms with Gasteiger partial charge in [0.2, 0.25) is 0 Å². The lowest BCUT2D eigenvalue weighted by Crippen LogP contribution is -2.31. The van der Waals surface area contributed by atoms with Gasteiger partial charge < -0.3 is 20.8 Å². The summed E-state index contributed by atoms with van der Waals surface area (Å²) in [5.41, 5.74) is 9.45. The zero-order valence-electron chi connectivity index (χ0n) is 16.2. The molecular formula is C21H20B2FN3O2. The Morgan fingerprint density at radius 2 is 1.93 bits per heavy atom. The van der Waals surface area contributed by atoms with E-state index in [0.717, 1.165) is 6.21 Å². The van der Waals surface area contributed by atoms with Gasteiger partial charge in [0.05, 0.1) is 21.2 Å². The number of nitrogens with one attached hydrogen (secondary N) is 1. The van der Waals surface area contributed by atoms with E-state index >= 15 is 0 Å². The van der Waals surface area contributed by atoms with E-state index in [4.69, 9.17) is 26.8 Å². The van der Waals surface area contributed by atoms with Crippen LogP contribution in [-0.4, -0.2) is 37.6 Å². The highest BCUT2D eigenvalue weighted by Gasteiger charge is 2.33. The van der Waals surface area contributed by atoms with Crippen LogP contribution in [0.3, 0.4) is 0 Å². The summed E-state index contributed by atoms with van der Waals surface area (Å²) >= 11 is 0. The van der Waals surface area contributed by atoms with Crippen molar-refractivity contribution in [3.05, 3.63) is 59.0 Å². The second kappa shape index (κ2) is 7.43. The average Bonchev–Trinajstić information content (AvgIpc) is 2.95. The first kappa shape index (κ1) is 20.7. The predicted octanol–water partition coefficient (Wildman–Crippen LogP) is 3.44. The molecule has 1 heterocycles. The number of aromatic nitrogens is 1. The highest BCUT2D eigenvalue weighted by atomic mass is 19.1. The van der Waals surface area contributed by atoms with Crippen LogP contribution in [0.4, 0.5) is 10.1 Å². The number of nitrogen functional groups attached to an aromatic ring is 1. The third kappa shape index (κ3) is 3.67. The van der Waals surface area contributed by atoms with Gasteiger partial charge >= 0.3 is 5.97 Å². The molecule has 0 saturated carbocycles. The zero-order valence-corrected chi connectivity index (χ0v) is 16.2. The number of benzene rings is 2. The van der Waals surface area contributed by atoms with Crippen LogP contribution in [0.5, 0.6) is 0 Å². The lowest BCUT2D eigenvalue weighted by Gasteiger charge is -2.27. The number of halogens is 1. The second-order valence-electron chi connectivity index (χ2n) is 7.48. The Hall–Kier alpha value is -3.02. The lowest BCUT2D eigenvalue weighted by molar-refractivity contribution is -0.137. The van der Waals surface area contributed by atoms with Crippen molar-refractivity contribution >= 4 is 44.5 Å². The predicted molar refractivity (Wildman–Crippen MR) is 115 cm³/mol. The number of carboxylic acids is 1. The van der Waals surface area contributed by atoms with Gasteiger partial charge in [0.25, 0.3) is 0 Å². The number of fused-ring (bicyclic) bond motifs is 1. The van der Waals surface area contributed by atoms with E-state index in [9.17, 15) is 14.3 Å². The molecule has 2 aromatic carbocycles. The fourth-order valence-corrected chi connectivity index (χ4v) is 3.75. The van der Waals surface area contributed by atoms with Crippen LogP contribution in [-0.2, 0) is 10.0 Å². The van der Waals surface area contributed by atoms with Gasteiger partial charge in [-0.25, -0.2) is 4.39 Å². The molecule has 0 aliphatic heterocycles. The summed E-state index contributed by atoms with van der Waals surface area (Å²) < 4.78 is 15.4. The highest BCUT2D eigenvalue weighted by molar-refractivity contribution is 6.42. The van der Waals surface area contributed by atoms with Crippen molar-refractivity contribution in [1.29, 1.82) is 5.41 Å². The Bertz CT molecular complexity index is 1110. The van der Waals surface area contributed by atoms with E-state index in [2.05, 4.69) is 0 Å². The molecule has 0 fully saturated rings. The van der Waals surface area contributed by atoms with Gasteiger partial charge in [-0.1, -0.05) is 19.1 Å². The molecule has 0 aliphatic carbocycles. The zero-order chi connectivity index (χ0) is 21.5. The largest absolute Gasteiger partial charge is 0.481 e. The molecule has 5 nitrogen and oxygen atoms in total. The summed E-state index contributed by atoms with van der Waals surface area (Å²) in [7, 11) is 12.6.